The first-order valence-electron chi connectivity index (χ1n) is 8.68. The van der Waals surface area contributed by atoms with Crippen LogP contribution in [0.25, 0.3) is 5.69 Å². The third kappa shape index (κ3) is 3.60. The lowest BCUT2D eigenvalue weighted by molar-refractivity contribution is -0.138. The predicted octanol–water partition coefficient (Wildman–Crippen LogP) is 5.30. The number of hydrogen-bond donors (Lipinski definition) is 2. The van der Waals surface area contributed by atoms with Gasteiger partial charge in [-0.3, -0.25) is 9.36 Å². The minimum atomic E-state index is -4.43. The van der Waals surface area contributed by atoms with E-state index in [9.17, 15) is 18.0 Å². The molecule has 144 valence electrons. The zero-order valence-electron chi connectivity index (χ0n) is 14.5. The van der Waals surface area contributed by atoms with Crippen molar-refractivity contribution >= 4 is 23.8 Å². The van der Waals surface area contributed by atoms with Crippen molar-refractivity contribution in [2.75, 3.05) is 5.32 Å². The Morgan fingerprint density at radius 3 is 2.68 bits per heavy atom. The summed E-state index contributed by atoms with van der Waals surface area (Å²) in [5.74, 6) is -1.17. The van der Waals surface area contributed by atoms with Crippen molar-refractivity contribution in [2.24, 2.45) is 5.92 Å². The van der Waals surface area contributed by atoms with Gasteiger partial charge in [0.25, 0.3) is 0 Å². The number of anilines is 1. The number of halogens is 3. The number of nitrogens with zero attached hydrogens (tertiary/aromatic N) is 1. The molecule has 0 saturated heterocycles. The van der Waals surface area contributed by atoms with Gasteiger partial charge in [-0.2, -0.15) is 13.2 Å². The number of nitrogens with one attached hydrogen (secondary N) is 2. The lowest BCUT2D eigenvalue weighted by atomic mass is 10.0. The molecule has 0 unspecified atom stereocenters. The van der Waals surface area contributed by atoms with Crippen LogP contribution in [0.5, 0.6) is 0 Å². The molecule has 0 bridgehead atoms. The summed E-state index contributed by atoms with van der Waals surface area (Å²) in [4.78, 5) is 15.5. The van der Waals surface area contributed by atoms with Crippen LogP contribution in [0.2, 0.25) is 0 Å². The highest BCUT2D eigenvalue weighted by Gasteiger charge is 2.47. The molecule has 0 radical (unpaired) electrons. The fourth-order valence-corrected chi connectivity index (χ4v) is 3.63. The van der Waals surface area contributed by atoms with E-state index in [1.807, 2.05) is 6.07 Å². The van der Waals surface area contributed by atoms with Crippen LogP contribution < -0.4 is 5.32 Å². The average Bonchev–Trinajstić information content (AvgIpc) is 3.35. The molecular formula is C20H16F3N3OS. The summed E-state index contributed by atoms with van der Waals surface area (Å²) in [6.07, 6.45) is -0.541. The summed E-state index contributed by atoms with van der Waals surface area (Å²) in [6, 6.07) is 12.6. The van der Waals surface area contributed by atoms with E-state index in [4.69, 9.17) is 12.2 Å². The van der Waals surface area contributed by atoms with Gasteiger partial charge in [0.05, 0.1) is 5.56 Å². The van der Waals surface area contributed by atoms with Crippen LogP contribution in [0.1, 0.15) is 23.5 Å². The predicted molar refractivity (Wildman–Crippen MR) is 102 cm³/mol. The van der Waals surface area contributed by atoms with Gasteiger partial charge in [-0.1, -0.05) is 24.3 Å². The number of aromatic nitrogens is 2. The molecule has 1 heterocycles. The molecule has 3 aromatic rings. The van der Waals surface area contributed by atoms with E-state index in [0.29, 0.717) is 16.9 Å². The third-order valence-electron chi connectivity index (χ3n) is 4.83. The van der Waals surface area contributed by atoms with Gasteiger partial charge in [0.15, 0.2) is 4.77 Å². The number of carbonyl (C=O) groups excluding carboxylic acids is 1. The number of imidazole rings is 1. The number of carbonyl (C=O) groups is 1. The summed E-state index contributed by atoms with van der Waals surface area (Å²) in [6.45, 7) is 0. The quantitative estimate of drug-likeness (QED) is 0.581. The standard InChI is InChI=1S/C20H16F3N3OS/c21-20(22,23)17-7-2-1-6-14(17)15-11-16(15)18(27)25-12-4-3-5-13(10-12)26-9-8-24-19(26)28/h1-10,15-16H,11H2,(H,24,28)(H,25,27)/t15-,16+/m0/s1. The van der Waals surface area contributed by atoms with Crippen LogP contribution in [-0.4, -0.2) is 15.5 Å². The van der Waals surface area contributed by atoms with Gasteiger partial charge in [-0.15, -0.1) is 0 Å². The third-order valence-corrected chi connectivity index (χ3v) is 5.15. The van der Waals surface area contributed by atoms with E-state index in [1.54, 1.807) is 41.2 Å². The maximum absolute atomic E-state index is 13.2. The fraction of sp³-hybridized carbons (Fsp3) is 0.200. The molecule has 1 fully saturated rings. The number of amides is 1. The second-order valence-corrected chi connectivity index (χ2v) is 7.10. The summed E-state index contributed by atoms with van der Waals surface area (Å²) in [5, 5.41) is 2.81. The van der Waals surface area contributed by atoms with Crippen LogP contribution in [0.15, 0.2) is 60.9 Å². The molecule has 1 aromatic heterocycles. The first-order valence-corrected chi connectivity index (χ1v) is 9.09. The normalized spacial score (nSPS) is 18.7. The van der Waals surface area contributed by atoms with Crippen LogP contribution in [0.4, 0.5) is 18.9 Å². The van der Waals surface area contributed by atoms with Crippen molar-refractivity contribution in [2.45, 2.75) is 18.5 Å². The Hall–Kier alpha value is -2.87. The lowest BCUT2D eigenvalue weighted by Crippen LogP contribution is -2.16. The van der Waals surface area contributed by atoms with E-state index < -0.39 is 23.6 Å². The molecule has 1 amide bonds. The summed E-state index contributed by atoms with van der Waals surface area (Å²) >= 11 is 5.19. The Kier molecular flexibility index (Phi) is 4.58. The summed E-state index contributed by atoms with van der Waals surface area (Å²) in [7, 11) is 0. The molecular weight excluding hydrogens is 387 g/mol. The minimum absolute atomic E-state index is 0.183. The van der Waals surface area contributed by atoms with E-state index in [1.165, 1.54) is 12.1 Å². The van der Waals surface area contributed by atoms with E-state index in [0.717, 1.165) is 11.8 Å². The smallest absolute Gasteiger partial charge is 0.337 e. The van der Waals surface area contributed by atoms with Crippen LogP contribution >= 0.6 is 12.2 Å². The zero-order chi connectivity index (χ0) is 19.9. The molecule has 0 aliphatic heterocycles. The number of alkyl halides is 3. The zero-order valence-corrected chi connectivity index (χ0v) is 15.3. The molecule has 1 aliphatic carbocycles. The highest BCUT2D eigenvalue weighted by molar-refractivity contribution is 7.71. The Balaban J connectivity index is 1.50. The van der Waals surface area contributed by atoms with Crippen molar-refractivity contribution in [1.29, 1.82) is 0 Å². The number of hydrogen-bond acceptors (Lipinski definition) is 2. The monoisotopic (exact) mass is 403 g/mol. The Bertz CT molecular complexity index is 1090. The van der Waals surface area contributed by atoms with Gasteiger partial charge in [0.2, 0.25) is 5.91 Å². The van der Waals surface area contributed by atoms with E-state index >= 15 is 0 Å². The minimum Gasteiger partial charge on any atom is -0.337 e. The molecule has 28 heavy (non-hydrogen) atoms. The topological polar surface area (TPSA) is 49.8 Å². The molecule has 1 saturated carbocycles. The highest BCUT2D eigenvalue weighted by Crippen LogP contribution is 2.51. The summed E-state index contributed by atoms with van der Waals surface area (Å²) in [5.41, 5.74) is 0.862. The molecule has 2 aromatic carbocycles. The summed E-state index contributed by atoms with van der Waals surface area (Å²) < 4.78 is 41.9. The van der Waals surface area contributed by atoms with Crippen LogP contribution in [0, 0.1) is 10.7 Å². The van der Waals surface area contributed by atoms with Gasteiger partial charge in [-0.05, 0) is 54.4 Å². The molecule has 8 heteroatoms. The van der Waals surface area contributed by atoms with Gasteiger partial charge in [-0.25, -0.2) is 0 Å². The first-order chi connectivity index (χ1) is 13.3. The fourth-order valence-electron chi connectivity index (χ4n) is 3.40. The Morgan fingerprint density at radius 2 is 1.96 bits per heavy atom. The van der Waals surface area contributed by atoms with Gasteiger partial charge < -0.3 is 10.3 Å². The maximum atomic E-state index is 13.2. The maximum Gasteiger partial charge on any atom is 0.416 e. The van der Waals surface area contributed by atoms with E-state index in [2.05, 4.69) is 10.3 Å². The molecule has 4 rings (SSSR count). The number of rotatable bonds is 4. The second kappa shape index (κ2) is 6.94. The lowest BCUT2D eigenvalue weighted by Gasteiger charge is -2.12. The number of aromatic amines is 1. The van der Waals surface area contributed by atoms with Crippen LogP contribution in [-0.2, 0) is 11.0 Å². The molecule has 2 N–H and O–H groups in total. The SMILES string of the molecule is O=C(Nc1cccc(-n2cc[nH]c2=S)c1)[C@@H]1C[C@H]1c1ccccc1C(F)(F)F. The van der Waals surface area contributed by atoms with Crippen molar-refractivity contribution in [3.63, 3.8) is 0 Å². The van der Waals surface area contributed by atoms with Gasteiger partial charge in [0, 0.05) is 29.7 Å². The van der Waals surface area contributed by atoms with Crippen molar-refractivity contribution in [3.8, 4) is 5.69 Å². The van der Waals surface area contributed by atoms with Gasteiger partial charge >= 0.3 is 6.18 Å². The second-order valence-electron chi connectivity index (χ2n) is 6.71. The molecule has 0 spiro atoms. The number of benzene rings is 2. The average molecular weight is 403 g/mol. The van der Waals surface area contributed by atoms with Gasteiger partial charge in [0.1, 0.15) is 0 Å². The first kappa shape index (κ1) is 18.5. The molecule has 4 nitrogen and oxygen atoms in total. The number of H-pyrrole nitrogens is 1. The van der Waals surface area contributed by atoms with E-state index in [-0.39, 0.29) is 11.5 Å². The highest BCUT2D eigenvalue weighted by atomic mass is 32.1. The molecule has 1 aliphatic rings. The van der Waals surface area contributed by atoms with Crippen molar-refractivity contribution in [3.05, 3.63) is 76.8 Å². The van der Waals surface area contributed by atoms with Crippen molar-refractivity contribution in [1.82, 2.24) is 9.55 Å². The largest absolute Gasteiger partial charge is 0.416 e. The van der Waals surface area contributed by atoms with Crippen LogP contribution in [0.3, 0.4) is 0 Å². The van der Waals surface area contributed by atoms with Crippen molar-refractivity contribution < 1.29 is 18.0 Å². The molecule has 2 atom stereocenters. The Morgan fingerprint density at radius 1 is 1.18 bits per heavy atom. The Labute approximate surface area is 164 Å².